The van der Waals surface area contributed by atoms with Gasteiger partial charge in [-0.05, 0) is 172 Å². The van der Waals surface area contributed by atoms with Gasteiger partial charge in [0.25, 0.3) is 5.97 Å². The van der Waals surface area contributed by atoms with Crippen LogP contribution >= 0.6 is 0 Å². The van der Waals surface area contributed by atoms with Gasteiger partial charge in [-0.1, -0.05) is 145 Å². The molecule has 4 aromatic carbocycles. The van der Waals surface area contributed by atoms with E-state index in [1.54, 1.807) is 39.0 Å². The number of aliphatic carboxylic acids is 2. The van der Waals surface area contributed by atoms with Gasteiger partial charge in [0, 0.05) is 19.1 Å². The van der Waals surface area contributed by atoms with Gasteiger partial charge in [-0.25, -0.2) is 4.79 Å². The van der Waals surface area contributed by atoms with Gasteiger partial charge in [0.05, 0.1) is 10.8 Å². The molecule has 0 aromatic heterocycles. The predicted molar refractivity (Wildman–Crippen MR) is 304 cm³/mol. The molecule has 75 heavy (non-hydrogen) atoms. The molecular weight excluding hydrogens is 945 g/mol. The standard InChI is InChI=1S/C18H26O2.C16H20O2.C12H16O2.C10H14O.C6H12O2.C2H4O2/c1-4-17(2,3)16(19)20-18(13-9-6-10-14-18)15-11-7-5-8-12-15;1-13(2)15(17)18-16(11-7-4-8-12-16)14-9-5-3-6-10-14;1-4-11-6-8-12(9-7-11)14-10(3)13-5-2;1-3-8(2)9-4-6-10(11)7-5-9;1-4-6(2,3)5(7)8;1-2(3)4/h5,7-8,11-12H,4,6,9-10,13-14H2,1-3H3;3,5-6,9-10H,1,4,7-8,11-12H2,2H3;4,6-10H,1,5H2,2-3H3;4-8,11H,3H2,1-2H3;4H2,1-3H3,(H,7,8);1H3,(H,3,4). The Morgan fingerprint density at radius 1 is 0.640 bits per heavy atom. The summed E-state index contributed by atoms with van der Waals surface area (Å²) in [7, 11) is 0. The van der Waals surface area contributed by atoms with Crippen molar-refractivity contribution >= 4 is 30.0 Å². The smallest absolute Gasteiger partial charge is 0.333 e. The molecule has 2 saturated carbocycles. The molecule has 0 spiro atoms. The maximum absolute atomic E-state index is 12.5. The highest BCUT2D eigenvalue weighted by Crippen LogP contribution is 2.43. The summed E-state index contributed by atoms with van der Waals surface area (Å²) in [5.41, 5.74) is 3.33. The Morgan fingerprint density at radius 2 is 1.07 bits per heavy atom. The van der Waals surface area contributed by atoms with Crippen LogP contribution in [0.2, 0.25) is 0 Å². The van der Waals surface area contributed by atoms with E-state index in [1.165, 1.54) is 18.4 Å². The molecule has 2 unspecified atom stereocenters. The second-order valence-corrected chi connectivity index (χ2v) is 20.5. The van der Waals surface area contributed by atoms with Crippen LogP contribution in [0.25, 0.3) is 6.08 Å². The third-order valence-electron chi connectivity index (χ3n) is 13.6. The van der Waals surface area contributed by atoms with Gasteiger partial charge in [-0.15, -0.1) is 0 Å². The van der Waals surface area contributed by atoms with E-state index in [1.807, 2.05) is 114 Å². The SMILES string of the molecule is C=C(C)C(=O)OC1(c2ccccc2)CCCCC1.C=Cc1ccc(OC(C)OCC)cc1.CC(=O)O.CCC(C)(C)C(=O)O.CCC(C)(C)C(=O)OC1(c2ccccc2)CCCCC1.CCC(C)c1ccc(O)cc1. The highest BCUT2D eigenvalue weighted by molar-refractivity contribution is 5.87. The zero-order chi connectivity index (χ0) is 56.7. The minimum absolute atomic E-state index is 0.0641. The minimum Gasteiger partial charge on any atom is -0.508 e. The molecule has 414 valence electrons. The summed E-state index contributed by atoms with van der Waals surface area (Å²) in [5, 5.41) is 24.9. The van der Waals surface area contributed by atoms with Gasteiger partial charge >= 0.3 is 17.9 Å². The normalized spacial score (nSPS) is 15.0. The van der Waals surface area contributed by atoms with Crippen molar-refractivity contribution in [3.63, 3.8) is 0 Å². The summed E-state index contributed by atoms with van der Waals surface area (Å²) in [4.78, 5) is 43.6. The van der Waals surface area contributed by atoms with Crippen molar-refractivity contribution < 1.29 is 53.4 Å². The molecule has 0 saturated heterocycles. The fourth-order valence-electron chi connectivity index (χ4n) is 7.69. The summed E-state index contributed by atoms with van der Waals surface area (Å²) < 4.78 is 22.6. The molecule has 0 bridgehead atoms. The zero-order valence-electron chi connectivity index (χ0n) is 47.5. The Morgan fingerprint density at radius 3 is 1.41 bits per heavy atom. The van der Waals surface area contributed by atoms with Crippen molar-refractivity contribution in [1.29, 1.82) is 0 Å². The molecule has 11 nitrogen and oxygen atoms in total. The largest absolute Gasteiger partial charge is 0.508 e. The first-order valence-electron chi connectivity index (χ1n) is 26.8. The number of ether oxygens (including phenoxy) is 4. The lowest BCUT2D eigenvalue weighted by atomic mass is 9.79. The molecule has 6 rings (SSSR count). The van der Waals surface area contributed by atoms with Crippen LogP contribution in [0.3, 0.4) is 0 Å². The Hall–Kier alpha value is -6.20. The molecule has 0 radical (unpaired) electrons. The van der Waals surface area contributed by atoms with Crippen LogP contribution in [0.15, 0.2) is 128 Å². The second kappa shape index (κ2) is 34.4. The molecule has 0 aliphatic heterocycles. The van der Waals surface area contributed by atoms with Crippen molar-refractivity contribution in [3.05, 3.63) is 150 Å². The third-order valence-corrected chi connectivity index (χ3v) is 13.6. The highest BCUT2D eigenvalue weighted by atomic mass is 16.7. The van der Waals surface area contributed by atoms with E-state index in [4.69, 9.17) is 39.1 Å². The number of rotatable bonds is 16. The van der Waals surface area contributed by atoms with Gasteiger partial charge < -0.3 is 34.3 Å². The van der Waals surface area contributed by atoms with Crippen LogP contribution in [0.5, 0.6) is 11.5 Å². The molecule has 0 amide bonds. The highest BCUT2D eigenvalue weighted by Gasteiger charge is 2.41. The van der Waals surface area contributed by atoms with Gasteiger partial charge in [-0.2, -0.15) is 0 Å². The molecule has 2 atom stereocenters. The van der Waals surface area contributed by atoms with Crippen LogP contribution in [0, 0.1) is 10.8 Å². The first kappa shape index (κ1) is 66.8. The van der Waals surface area contributed by atoms with Crippen LogP contribution < -0.4 is 4.74 Å². The second-order valence-electron chi connectivity index (χ2n) is 20.5. The van der Waals surface area contributed by atoms with Crippen LogP contribution in [-0.2, 0) is 44.6 Å². The summed E-state index contributed by atoms with van der Waals surface area (Å²) in [6, 6.07) is 35.5. The maximum Gasteiger partial charge on any atom is 0.333 e. The quantitative estimate of drug-likeness (QED) is 0.0555. The monoisotopic (exact) mass is 1040 g/mol. The minimum atomic E-state index is -0.833. The molecule has 2 fully saturated rings. The summed E-state index contributed by atoms with van der Waals surface area (Å²) in [6.45, 7) is 30.3. The molecule has 11 heteroatoms. The van der Waals surface area contributed by atoms with Gasteiger partial charge in [0.2, 0.25) is 0 Å². The Labute approximate surface area is 450 Å². The number of phenols is 1. The third kappa shape index (κ3) is 24.8. The molecule has 0 heterocycles. The number of carbonyl (C=O) groups is 4. The lowest BCUT2D eigenvalue weighted by molar-refractivity contribution is -0.176. The fraction of sp³-hybridized carbons (Fsp3) is 0.500. The van der Waals surface area contributed by atoms with Crippen molar-refractivity contribution in [2.45, 2.75) is 190 Å². The van der Waals surface area contributed by atoms with Crippen LogP contribution in [0.1, 0.15) is 195 Å². The number of esters is 2. The van der Waals surface area contributed by atoms with E-state index in [0.717, 1.165) is 93.6 Å². The number of aromatic hydroxyl groups is 1. The number of carbonyl (C=O) groups excluding carboxylic acids is 2. The topological polar surface area (TPSA) is 166 Å². The van der Waals surface area contributed by atoms with Crippen molar-refractivity contribution in [2.24, 2.45) is 10.8 Å². The number of phenolic OH excluding ortho intramolecular Hbond substituents is 1. The first-order chi connectivity index (χ1) is 35.4. The molecule has 2 aliphatic rings. The van der Waals surface area contributed by atoms with E-state index in [2.05, 4.69) is 51.3 Å². The molecule has 3 N–H and O–H groups in total. The van der Waals surface area contributed by atoms with Crippen LogP contribution in [0.4, 0.5) is 0 Å². The Bertz CT molecular complexity index is 2250. The maximum atomic E-state index is 12.5. The van der Waals surface area contributed by atoms with Crippen molar-refractivity contribution in [1.82, 2.24) is 0 Å². The average Bonchev–Trinajstić information content (AvgIpc) is 3.40. The lowest BCUT2D eigenvalue weighted by Crippen LogP contribution is -2.39. The summed E-state index contributed by atoms with van der Waals surface area (Å²) in [6.07, 6.45) is 14.9. The number of benzene rings is 4. The average molecular weight is 1040 g/mol. The summed E-state index contributed by atoms with van der Waals surface area (Å²) in [5.74, 6) is -0.143. The first-order valence-corrected chi connectivity index (χ1v) is 26.8. The van der Waals surface area contributed by atoms with Crippen molar-refractivity contribution in [2.75, 3.05) is 6.61 Å². The molecular formula is C64H92O11. The summed E-state index contributed by atoms with van der Waals surface area (Å²) >= 11 is 0. The van der Waals surface area contributed by atoms with E-state index in [-0.39, 0.29) is 18.2 Å². The van der Waals surface area contributed by atoms with Gasteiger partial charge in [0.15, 0.2) is 6.29 Å². The fourth-order valence-corrected chi connectivity index (χ4v) is 7.69. The lowest BCUT2D eigenvalue weighted by Gasteiger charge is -2.39. The van der Waals surface area contributed by atoms with E-state index in [9.17, 15) is 14.4 Å². The predicted octanol–water partition coefficient (Wildman–Crippen LogP) is 16.4. The number of carboxylic acid groups (broad SMARTS) is 2. The van der Waals surface area contributed by atoms with E-state index >= 15 is 0 Å². The Kier molecular flexibility index (Phi) is 30.6. The van der Waals surface area contributed by atoms with Crippen molar-refractivity contribution in [3.8, 4) is 11.5 Å². The number of hydrogen-bond donors (Lipinski definition) is 3. The molecule has 2 aliphatic carbocycles. The molecule has 4 aromatic rings. The van der Waals surface area contributed by atoms with E-state index < -0.39 is 34.0 Å². The number of hydrogen-bond acceptors (Lipinski definition) is 9. The number of carboxylic acids is 2. The van der Waals surface area contributed by atoms with Gasteiger partial charge in [-0.3, -0.25) is 14.4 Å². The Balaban J connectivity index is 0.000000474. The zero-order valence-corrected chi connectivity index (χ0v) is 47.5. The van der Waals surface area contributed by atoms with Gasteiger partial charge in [0.1, 0.15) is 22.7 Å². The van der Waals surface area contributed by atoms with Crippen LogP contribution in [-0.4, -0.2) is 52.1 Å². The van der Waals surface area contributed by atoms with E-state index in [0.29, 0.717) is 30.3 Å².